The van der Waals surface area contributed by atoms with Gasteiger partial charge in [-0.2, -0.15) is 9.61 Å². The van der Waals surface area contributed by atoms with Crippen molar-refractivity contribution in [2.24, 2.45) is 0 Å². The monoisotopic (exact) mass is 363 g/mol. The lowest BCUT2D eigenvalue weighted by Crippen LogP contribution is -2.29. The molecule has 0 radical (unpaired) electrons. The molecule has 0 unspecified atom stereocenters. The van der Waals surface area contributed by atoms with Gasteiger partial charge in [0.05, 0.1) is 6.54 Å². The highest BCUT2D eigenvalue weighted by atomic mass is 35.5. The molecule has 4 rings (SSSR count). The Balaban J connectivity index is 0.00000169. The summed E-state index contributed by atoms with van der Waals surface area (Å²) in [6.45, 7) is 3.46. The molecule has 126 valence electrons. The Morgan fingerprint density at radius 2 is 2.21 bits per heavy atom. The van der Waals surface area contributed by atoms with Crippen LogP contribution in [-0.2, 0) is 13.0 Å². The molecule has 6 nitrogen and oxygen atoms in total. The van der Waals surface area contributed by atoms with Crippen LogP contribution in [0.2, 0.25) is 0 Å². The second-order valence-electron chi connectivity index (χ2n) is 5.80. The fourth-order valence-electron chi connectivity index (χ4n) is 3.08. The van der Waals surface area contributed by atoms with Crippen LogP contribution in [0.25, 0.3) is 4.96 Å². The van der Waals surface area contributed by atoms with Crippen LogP contribution < -0.4 is 16.2 Å². The van der Waals surface area contributed by atoms with Crippen LogP contribution in [0.3, 0.4) is 0 Å². The molecule has 0 fully saturated rings. The molecule has 0 aliphatic carbocycles. The van der Waals surface area contributed by atoms with E-state index in [0.29, 0.717) is 11.5 Å². The first kappa shape index (κ1) is 16.7. The lowest BCUT2D eigenvalue weighted by Gasteiger charge is -2.31. The van der Waals surface area contributed by atoms with Crippen molar-refractivity contribution in [2.45, 2.75) is 26.3 Å². The Hall–Kier alpha value is -2.12. The van der Waals surface area contributed by atoms with Crippen LogP contribution >= 0.6 is 23.7 Å². The number of nitrogens with two attached hydrogens (primary N) is 1. The normalized spacial score (nSPS) is 13.6. The number of fused-ring (bicyclic) bond motifs is 2. The summed E-state index contributed by atoms with van der Waals surface area (Å²) in [5, 5.41) is 5.31. The van der Waals surface area contributed by atoms with E-state index in [9.17, 15) is 4.79 Å². The van der Waals surface area contributed by atoms with Crippen LogP contribution in [-0.4, -0.2) is 21.1 Å². The minimum atomic E-state index is -0.127. The van der Waals surface area contributed by atoms with Crippen molar-refractivity contribution in [2.75, 3.05) is 17.2 Å². The SMILES string of the molecule is Cc1cc(=O)n2nc(CN3CCCc4c(N)cccc43)sc2n1.Cl. The lowest BCUT2D eigenvalue weighted by molar-refractivity contribution is 0.683. The van der Waals surface area contributed by atoms with E-state index >= 15 is 0 Å². The third-order valence-electron chi connectivity index (χ3n) is 4.12. The van der Waals surface area contributed by atoms with Gasteiger partial charge in [0, 0.05) is 29.7 Å². The van der Waals surface area contributed by atoms with E-state index in [2.05, 4.69) is 21.0 Å². The van der Waals surface area contributed by atoms with Crippen molar-refractivity contribution >= 4 is 40.1 Å². The van der Waals surface area contributed by atoms with E-state index in [1.165, 1.54) is 33.2 Å². The fourth-order valence-corrected chi connectivity index (χ4v) is 4.04. The number of aryl methyl sites for hydroxylation is 1. The predicted molar refractivity (Wildman–Crippen MR) is 99.3 cm³/mol. The van der Waals surface area contributed by atoms with E-state index in [1.54, 1.807) is 0 Å². The summed E-state index contributed by atoms with van der Waals surface area (Å²) in [5.74, 6) is 0. The molecule has 0 spiro atoms. The van der Waals surface area contributed by atoms with E-state index in [1.807, 2.05) is 19.1 Å². The van der Waals surface area contributed by atoms with Gasteiger partial charge in [-0.15, -0.1) is 12.4 Å². The lowest BCUT2D eigenvalue weighted by atomic mass is 10.00. The Bertz CT molecular complexity index is 951. The highest BCUT2D eigenvalue weighted by Gasteiger charge is 2.20. The molecule has 0 saturated carbocycles. The van der Waals surface area contributed by atoms with Gasteiger partial charge in [-0.25, -0.2) is 4.98 Å². The molecule has 1 aliphatic heterocycles. The Morgan fingerprint density at radius 1 is 1.38 bits per heavy atom. The predicted octanol–water partition coefficient (Wildman–Crippen LogP) is 2.42. The minimum absolute atomic E-state index is 0. The summed E-state index contributed by atoms with van der Waals surface area (Å²) in [7, 11) is 0. The van der Waals surface area contributed by atoms with E-state index in [4.69, 9.17) is 5.73 Å². The minimum Gasteiger partial charge on any atom is -0.398 e. The van der Waals surface area contributed by atoms with Crippen LogP contribution in [0.4, 0.5) is 11.4 Å². The second-order valence-corrected chi connectivity index (χ2v) is 6.84. The Kier molecular flexibility index (Phi) is 4.47. The van der Waals surface area contributed by atoms with Gasteiger partial charge in [-0.05, 0) is 37.5 Å². The summed E-state index contributed by atoms with van der Waals surface area (Å²) in [6, 6.07) is 7.55. The molecule has 2 aromatic heterocycles. The molecule has 0 bridgehead atoms. The van der Waals surface area contributed by atoms with Crippen molar-refractivity contribution < 1.29 is 0 Å². The van der Waals surface area contributed by atoms with Crippen LogP contribution in [0.5, 0.6) is 0 Å². The summed E-state index contributed by atoms with van der Waals surface area (Å²) in [5.41, 5.74) is 9.94. The highest BCUT2D eigenvalue weighted by Crippen LogP contribution is 2.32. The molecule has 1 aromatic carbocycles. The van der Waals surface area contributed by atoms with Gasteiger partial charge in [-0.1, -0.05) is 17.4 Å². The van der Waals surface area contributed by atoms with Crippen molar-refractivity contribution in [1.29, 1.82) is 0 Å². The summed E-state index contributed by atoms with van der Waals surface area (Å²) in [4.78, 5) is 19.3. The van der Waals surface area contributed by atoms with Crippen molar-refractivity contribution in [3.8, 4) is 0 Å². The molecule has 0 saturated heterocycles. The average Bonchev–Trinajstić information content (AvgIpc) is 2.91. The third kappa shape index (κ3) is 2.85. The summed E-state index contributed by atoms with van der Waals surface area (Å²) < 4.78 is 1.39. The zero-order valence-electron chi connectivity index (χ0n) is 13.2. The number of aromatic nitrogens is 3. The van der Waals surface area contributed by atoms with Gasteiger partial charge in [0.25, 0.3) is 5.56 Å². The fraction of sp³-hybridized carbons (Fsp3) is 0.312. The van der Waals surface area contributed by atoms with E-state index in [0.717, 1.165) is 35.8 Å². The maximum atomic E-state index is 12.0. The molecule has 24 heavy (non-hydrogen) atoms. The summed E-state index contributed by atoms with van der Waals surface area (Å²) in [6.07, 6.45) is 2.09. The maximum absolute atomic E-state index is 12.0. The average molecular weight is 364 g/mol. The molecule has 3 aromatic rings. The second kappa shape index (κ2) is 6.41. The Labute approximate surface area is 149 Å². The first-order chi connectivity index (χ1) is 11.1. The van der Waals surface area contributed by atoms with Gasteiger partial charge in [-0.3, -0.25) is 4.79 Å². The van der Waals surface area contributed by atoms with E-state index < -0.39 is 0 Å². The number of halogens is 1. The van der Waals surface area contributed by atoms with Gasteiger partial charge in [0.1, 0.15) is 5.01 Å². The van der Waals surface area contributed by atoms with E-state index in [-0.39, 0.29) is 18.0 Å². The Morgan fingerprint density at radius 3 is 3.04 bits per heavy atom. The number of hydrogen-bond acceptors (Lipinski definition) is 6. The number of nitrogen functional groups attached to an aromatic ring is 1. The topological polar surface area (TPSA) is 76.5 Å². The van der Waals surface area contributed by atoms with Gasteiger partial charge in [0.15, 0.2) is 0 Å². The standard InChI is InChI=1S/C16H17N5OS.ClH/c1-10-8-15(22)21-16(18-10)23-14(19-21)9-20-7-3-4-11-12(17)5-2-6-13(11)20;/h2,5-6,8H,3-4,7,9,17H2,1H3;1H. The molecular formula is C16H18ClN5OS. The van der Waals surface area contributed by atoms with Crippen LogP contribution in [0.15, 0.2) is 29.1 Å². The van der Waals surface area contributed by atoms with Gasteiger partial charge in [0.2, 0.25) is 4.96 Å². The molecular weight excluding hydrogens is 346 g/mol. The number of benzene rings is 1. The van der Waals surface area contributed by atoms with Crippen molar-refractivity contribution in [3.05, 3.63) is 50.9 Å². The van der Waals surface area contributed by atoms with Gasteiger partial charge < -0.3 is 10.6 Å². The number of nitrogens with zero attached hydrogens (tertiary/aromatic N) is 4. The molecule has 0 amide bonds. The molecule has 1 aliphatic rings. The van der Waals surface area contributed by atoms with Crippen LogP contribution in [0, 0.1) is 6.92 Å². The quantitative estimate of drug-likeness (QED) is 0.707. The molecule has 3 heterocycles. The smallest absolute Gasteiger partial charge is 0.275 e. The van der Waals surface area contributed by atoms with Crippen molar-refractivity contribution in [3.63, 3.8) is 0 Å². The first-order valence-corrected chi connectivity index (χ1v) is 8.42. The van der Waals surface area contributed by atoms with Crippen molar-refractivity contribution in [1.82, 2.24) is 14.6 Å². The number of anilines is 2. The summed E-state index contributed by atoms with van der Waals surface area (Å²) >= 11 is 1.47. The molecule has 0 atom stereocenters. The molecule has 2 N–H and O–H groups in total. The van der Waals surface area contributed by atoms with Gasteiger partial charge >= 0.3 is 0 Å². The zero-order valence-corrected chi connectivity index (χ0v) is 14.9. The first-order valence-electron chi connectivity index (χ1n) is 7.60. The number of rotatable bonds is 2. The maximum Gasteiger partial charge on any atom is 0.275 e. The van der Waals surface area contributed by atoms with Crippen LogP contribution in [0.1, 0.15) is 22.7 Å². The third-order valence-corrected chi connectivity index (χ3v) is 5.02. The number of hydrogen-bond donors (Lipinski definition) is 1. The zero-order chi connectivity index (χ0) is 16.0. The highest BCUT2D eigenvalue weighted by molar-refractivity contribution is 7.16. The largest absolute Gasteiger partial charge is 0.398 e. The molecule has 8 heteroatoms.